The van der Waals surface area contributed by atoms with Crippen LogP contribution in [0.25, 0.3) is 0 Å². The smallest absolute Gasteiger partial charge is 0.00704 e. The Labute approximate surface area is 56.3 Å². The third kappa shape index (κ3) is 0.848. The van der Waals surface area contributed by atoms with Gasteiger partial charge in [0.1, 0.15) is 0 Å². The second-order valence-corrected chi connectivity index (χ2v) is 2.78. The molecule has 2 rings (SSSR count). The normalized spacial score (nSPS) is 42.0. The van der Waals surface area contributed by atoms with Gasteiger partial charge in [-0.3, -0.25) is 0 Å². The zero-order valence-electron chi connectivity index (χ0n) is 4.89. The maximum absolute atomic E-state index is 3.46. The number of piperidine rings is 1. The molecule has 2 bridgehead atoms. The van der Waals surface area contributed by atoms with Gasteiger partial charge in [0.25, 0.3) is 0 Å². The van der Waals surface area contributed by atoms with Gasteiger partial charge < -0.3 is 5.32 Å². The lowest BCUT2D eigenvalue weighted by Gasteiger charge is -2.08. The Morgan fingerprint density at radius 1 is 1.25 bits per heavy atom. The van der Waals surface area contributed by atoms with E-state index in [-0.39, 0.29) is 12.4 Å². The van der Waals surface area contributed by atoms with E-state index in [4.69, 9.17) is 0 Å². The highest BCUT2D eigenvalue weighted by Gasteiger charge is 2.30. The number of halogens is 1. The monoisotopic (exact) mass is 133 g/mol. The lowest BCUT2D eigenvalue weighted by atomic mass is 10.1. The van der Waals surface area contributed by atoms with Gasteiger partial charge in [-0.2, -0.15) is 0 Å². The third-order valence-electron chi connectivity index (χ3n) is 2.24. The van der Waals surface area contributed by atoms with E-state index in [0.29, 0.717) is 0 Å². The molecular formula is C6H12ClN. The van der Waals surface area contributed by atoms with Crippen LogP contribution in [0.3, 0.4) is 0 Å². The summed E-state index contributed by atoms with van der Waals surface area (Å²) in [6.07, 6.45) is 4.42. The number of hydrogen-bond donors (Lipinski definition) is 1. The maximum atomic E-state index is 3.46. The van der Waals surface area contributed by atoms with Crippen molar-refractivity contribution in [2.75, 3.05) is 6.54 Å². The van der Waals surface area contributed by atoms with Crippen LogP contribution in [0.2, 0.25) is 0 Å². The van der Waals surface area contributed by atoms with Gasteiger partial charge in [-0.15, -0.1) is 12.4 Å². The molecule has 0 aromatic rings. The van der Waals surface area contributed by atoms with E-state index >= 15 is 0 Å². The Morgan fingerprint density at radius 2 is 2.12 bits per heavy atom. The van der Waals surface area contributed by atoms with Crippen molar-refractivity contribution >= 4 is 12.4 Å². The largest absolute Gasteiger partial charge is 0.314 e. The van der Waals surface area contributed by atoms with Crippen LogP contribution in [-0.4, -0.2) is 12.6 Å². The minimum atomic E-state index is 0. The summed E-state index contributed by atoms with van der Waals surface area (Å²) >= 11 is 0. The highest BCUT2D eigenvalue weighted by atomic mass is 35.5. The standard InChI is InChI=1S/C6H11N.ClH/c1-2-6-3-5(1)4-7-6;/h5-7H,1-4H2;1H. The molecule has 8 heavy (non-hydrogen) atoms. The number of hydrogen-bond acceptors (Lipinski definition) is 1. The second kappa shape index (κ2) is 2.24. The Balaban J connectivity index is 0.000000320. The van der Waals surface area contributed by atoms with Gasteiger partial charge in [0, 0.05) is 6.04 Å². The summed E-state index contributed by atoms with van der Waals surface area (Å²) in [6.45, 7) is 1.31. The van der Waals surface area contributed by atoms with E-state index in [1.54, 1.807) is 0 Å². The maximum Gasteiger partial charge on any atom is 0.00704 e. The molecule has 2 aliphatic rings. The van der Waals surface area contributed by atoms with E-state index < -0.39 is 0 Å². The summed E-state index contributed by atoms with van der Waals surface area (Å²) in [6, 6.07) is 0.921. The minimum absolute atomic E-state index is 0. The van der Waals surface area contributed by atoms with Crippen LogP contribution in [0.4, 0.5) is 0 Å². The molecule has 0 radical (unpaired) electrons. The molecule has 1 heterocycles. The Kier molecular flexibility index (Phi) is 1.78. The van der Waals surface area contributed by atoms with Crippen molar-refractivity contribution in [3.63, 3.8) is 0 Å². The fourth-order valence-corrected chi connectivity index (χ4v) is 1.78. The summed E-state index contributed by atoms with van der Waals surface area (Å²) in [4.78, 5) is 0. The predicted molar refractivity (Wildman–Crippen MR) is 36.4 cm³/mol. The fourth-order valence-electron chi connectivity index (χ4n) is 1.78. The molecule has 48 valence electrons. The fraction of sp³-hybridized carbons (Fsp3) is 1.00. The average molecular weight is 134 g/mol. The first kappa shape index (κ1) is 6.37. The van der Waals surface area contributed by atoms with Crippen molar-refractivity contribution in [2.45, 2.75) is 25.3 Å². The average Bonchev–Trinajstić information content (AvgIpc) is 2.22. The Bertz CT molecular complexity index is 66.6. The molecule has 1 saturated heterocycles. The van der Waals surface area contributed by atoms with Crippen molar-refractivity contribution in [2.24, 2.45) is 5.92 Å². The van der Waals surface area contributed by atoms with E-state index in [1.807, 2.05) is 0 Å². The topological polar surface area (TPSA) is 12.0 Å². The van der Waals surface area contributed by atoms with Gasteiger partial charge in [-0.25, -0.2) is 0 Å². The number of fused-ring (bicyclic) bond motifs is 2. The van der Waals surface area contributed by atoms with Crippen LogP contribution in [0, 0.1) is 5.92 Å². The summed E-state index contributed by atoms with van der Waals surface area (Å²) in [5.41, 5.74) is 0. The van der Waals surface area contributed by atoms with Gasteiger partial charge in [0.15, 0.2) is 0 Å². The molecule has 2 fully saturated rings. The molecule has 0 amide bonds. The van der Waals surface area contributed by atoms with Crippen molar-refractivity contribution in [3.05, 3.63) is 0 Å². The zero-order valence-corrected chi connectivity index (χ0v) is 5.71. The molecule has 1 aliphatic heterocycles. The van der Waals surface area contributed by atoms with Gasteiger partial charge in [0.05, 0.1) is 0 Å². The van der Waals surface area contributed by atoms with Crippen molar-refractivity contribution in [1.82, 2.24) is 5.32 Å². The van der Waals surface area contributed by atoms with E-state index in [9.17, 15) is 0 Å². The SMILES string of the molecule is C1CC2CC1CN2.Cl. The van der Waals surface area contributed by atoms with Crippen molar-refractivity contribution in [1.29, 1.82) is 0 Å². The molecule has 1 aliphatic carbocycles. The van der Waals surface area contributed by atoms with E-state index in [2.05, 4.69) is 5.32 Å². The molecule has 0 aromatic heterocycles. The van der Waals surface area contributed by atoms with Gasteiger partial charge in [0.2, 0.25) is 0 Å². The lowest BCUT2D eigenvalue weighted by Crippen LogP contribution is -2.23. The Morgan fingerprint density at radius 3 is 2.25 bits per heavy atom. The molecule has 1 nitrogen and oxygen atoms in total. The first-order chi connectivity index (χ1) is 3.45. The lowest BCUT2D eigenvalue weighted by molar-refractivity contribution is 0.504. The van der Waals surface area contributed by atoms with Crippen LogP contribution >= 0.6 is 12.4 Å². The highest BCUT2D eigenvalue weighted by Crippen LogP contribution is 2.29. The van der Waals surface area contributed by atoms with E-state index in [0.717, 1.165) is 12.0 Å². The van der Waals surface area contributed by atoms with Crippen molar-refractivity contribution in [3.8, 4) is 0 Å². The summed E-state index contributed by atoms with van der Waals surface area (Å²) in [7, 11) is 0. The predicted octanol–water partition coefficient (Wildman–Crippen LogP) is 1.18. The quantitative estimate of drug-likeness (QED) is 0.524. The highest BCUT2D eigenvalue weighted by molar-refractivity contribution is 5.85. The molecule has 1 N–H and O–H groups in total. The molecule has 0 aromatic carbocycles. The summed E-state index contributed by atoms with van der Waals surface area (Å²) in [5.74, 6) is 1.06. The summed E-state index contributed by atoms with van der Waals surface area (Å²) < 4.78 is 0. The van der Waals surface area contributed by atoms with E-state index in [1.165, 1.54) is 25.8 Å². The van der Waals surface area contributed by atoms with Crippen molar-refractivity contribution < 1.29 is 0 Å². The molecule has 0 spiro atoms. The van der Waals surface area contributed by atoms with Gasteiger partial charge in [-0.05, 0) is 31.7 Å². The minimum Gasteiger partial charge on any atom is -0.314 e. The number of rotatable bonds is 0. The molecular weight excluding hydrogens is 122 g/mol. The van der Waals surface area contributed by atoms with Crippen LogP contribution in [0.5, 0.6) is 0 Å². The molecule has 2 atom stereocenters. The van der Waals surface area contributed by atoms with Crippen LogP contribution < -0.4 is 5.32 Å². The molecule has 2 unspecified atom stereocenters. The van der Waals surface area contributed by atoms with Gasteiger partial charge >= 0.3 is 0 Å². The van der Waals surface area contributed by atoms with Crippen LogP contribution in [0.1, 0.15) is 19.3 Å². The Hall–Kier alpha value is 0.250. The molecule has 1 saturated carbocycles. The van der Waals surface area contributed by atoms with Gasteiger partial charge in [-0.1, -0.05) is 0 Å². The first-order valence-electron chi connectivity index (χ1n) is 3.18. The first-order valence-corrected chi connectivity index (χ1v) is 3.18. The third-order valence-corrected chi connectivity index (χ3v) is 2.24. The second-order valence-electron chi connectivity index (χ2n) is 2.78. The number of nitrogens with one attached hydrogen (secondary N) is 1. The van der Waals surface area contributed by atoms with Crippen LogP contribution in [0.15, 0.2) is 0 Å². The zero-order chi connectivity index (χ0) is 4.69. The van der Waals surface area contributed by atoms with Crippen LogP contribution in [-0.2, 0) is 0 Å². The summed E-state index contributed by atoms with van der Waals surface area (Å²) in [5, 5.41) is 3.46. The molecule has 2 heteroatoms.